The third kappa shape index (κ3) is 2.98. The number of nitrogens with two attached hydrogens (primary N) is 1. The number of rotatable bonds is 4. The van der Waals surface area contributed by atoms with E-state index in [1.165, 1.54) is 0 Å². The first kappa shape index (κ1) is 14.1. The molecule has 2 N–H and O–H groups in total. The number of hydrogen-bond acceptors (Lipinski definition) is 3. The Morgan fingerprint density at radius 3 is 2.68 bits per heavy atom. The molecule has 0 aliphatic rings. The van der Waals surface area contributed by atoms with Gasteiger partial charge in [0.05, 0.1) is 5.69 Å². The van der Waals surface area contributed by atoms with Crippen molar-refractivity contribution in [2.45, 2.75) is 20.3 Å². The van der Waals surface area contributed by atoms with Crippen LogP contribution in [0, 0.1) is 13.8 Å². The molecule has 2 aromatic rings. The van der Waals surface area contributed by atoms with E-state index in [1.807, 2.05) is 43.8 Å². The van der Waals surface area contributed by atoms with Crippen molar-refractivity contribution < 1.29 is 4.74 Å². The van der Waals surface area contributed by atoms with E-state index in [2.05, 4.69) is 21.0 Å². The fourth-order valence-electron chi connectivity index (χ4n) is 2.01. The van der Waals surface area contributed by atoms with Crippen LogP contribution < -0.4 is 10.5 Å². The molecule has 0 saturated carbocycles. The molecule has 0 bridgehead atoms. The van der Waals surface area contributed by atoms with Crippen molar-refractivity contribution in [1.29, 1.82) is 0 Å². The van der Waals surface area contributed by atoms with Gasteiger partial charge in [0.15, 0.2) is 5.75 Å². The quantitative estimate of drug-likeness (QED) is 0.940. The van der Waals surface area contributed by atoms with Crippen molar-refractivity contribution in [3.8, 4) is 11.5 Å². The Bertz CT molecular complexity index is 593. The molecule has 0 aliphatic heterocycles. The zero-order valence-electron chi connectivity index (χ0n) is 11.4. The molecule has 0 saturated heterocycles. The van der Waals surface area contributed by atoms with Gasteiger partial charge < -0.3 is 10.5 Å². The van der Waals surface area contributed by atoms with E-state index in [0.717, 1.165) is 39.3 Å². The molecule has 1 aromatic heterocycles. The lowest BCUT2D eigenvalue weighted by Gasteiger charge is -2.11. The average molecular weight is 324 g/mol. The maximum Gasteiger partial charge on any atom is 0.171 e. The molecule has 1 heterocycles. The van der Waals surface area contributed by atoms with Gasteiger partial charge in [-0.3, -0.25) is 4.68 Å². The predicted octanol–water partition coefficient (Wildman–Crippen LogP) is 3.09. The number of benzene rings is 1. The van der Waals surface area contributed by atoms with Crippen molar-refractivity contribution in [2.24, 2.45) is 12.8 Å². The number of ether oxygens (including phenoxy) is 1. The van der Waals surface area contributed by atoms with Crippen LogP contribution >= 0.6 is 15.9 Å². The fraction of sp³-hybridized carbons (Fsp3) is 0.357. The third-order valence-corrected chi connectivity index (χ3v) is 3.58. The van der Waals surface area contributed by atoms with E-state index in [0.29, 0.717) is 6.54 Å². The summed E-state index contributed by atoms with van der Waals surface area (Å²) in [5.41, 5.74) is 8.65. The molecular weight excluding hydrogens is 306 g/mol. The highest BCUT2D eigenvalue weighted by molar-refractivity contribution is 9.10. The summed E-state index contributed by atoms with van der Waals surface area (Å²) < 4.78 is 8.90. The van der Waals surface area contributed by atoms with Gasteiger partial charge in [-0.1, -0.05) is 15.9 Å². The lowest BCUT2D eigenvalue weighted by Crippen LogP contribution is -2.04. The lowest BCUT2D eigenvalue weighted by atomic mass is 10.1. The third-order valence-electron chi connectivity index (χ3n) is 3.09. The molecule has 19 heavy (non-hydrogen) atoms. The van der Waals surface area contributed by atoms with Gasteiger partial charge in [-0.2, -0.15) is 5.10 Å². The van der Waals surface area contributed by atoms with Gasteiger partial charge in [0.1, 0.15) is 11.4 Å². The van der Waals surface area contributed by atoms with Crippen LogP contribution in [-0.4, -0.2) is 16.3 Å². The normalized spacial score (nSPS) is 10.8. The maximum atomic E-state index is 6.04. The van der Waals surface area contributed by atoms with Crippen LogP contribution in [0.15, 0.2) is 22.7 Å². The Hall–Kier alpha value is -1.33. The molecule has 102 valence electrons. The highest BCUT2D eigenvalue weighted by Gasteiger charge is 2.13. The van der Waals surface area contributed by atoms with Gasteiger partial charge in [0.25, 0.3) is 0 Å². The molecule has 4 nitrogen and oxygen atoms in total. The van der Waals surface area contributed by atoms with Crippen LogP contribution in [0.25, 0.3) is 0 Å². The monoisotopic (exact) mass is 323 g/mol. The zero-order valence-corrected chi connectivity index (χ0v) is 13.0. The van der Waals surface area contributed by atoms with E-state index in [1.54, 1.807) is 0 Å². The number of hydrogen-bond donors (Lipinski definition) is 1. The Morgan fingerprint density at radius 2 is 2.11 bits per heavy atom. The lowest BCUT2D eigenvalue weighted by molar-refractivity contribution is 0.468. The van der Waals surface area contributed by atoms with E-state index < -0.39 is 0 Å². The summed E-state index contributed by atoms with van der Waals surface area (Å²) in [4.78, 5) is 0. The molecular formula is C14H18BrN3O. The summed E-state index contributed by atoms with van der Waals surface area (Å²) in [5, 5.41) is 4.36. The standard InChI is InChI=1S/C14H18BrN3O/c1-9-14(10(2)18(3)17-9)19-13-5-4-12(15)8-11(13)6-7-16/h4-5,8H,6-7,16H2,1-3H3. The van der Waals surface area contributed by atoms with Crippen molar-refractivity contribution in [2.75, 3.05) is 6.54 Å². The molecule has 2 rings (SSSR count). The second kappa shape index (κ2) is 5.75. The molecule has 0 radical (unpaired) electrons. The van der Waals surface area contributed by atoms with Crippen molar-refractivity contribution in [3.05, 3.63) is 39.6 Å². The van der Waals surface area contributed by atoms with Crippen LogP contribution in [0.5, 0.6) is 11.5 Å². The largest absolute Gasteiger partial charge is 0.453 e. The van der Waals surface area contributed by atoms with Gasteiger partial charge in [-0.25, -0.2) is 0 Å². The highest BCUT2D eigenvalue weighted by Crippen LogP contribution is 2.32. The summed E-state index contributed by atoms with van der Waals surface area (Å²) in [6, 6.07) is 5.97. The minimum absolute atomic E-state index is 0.595. The Kier molecular flexibility index (Phi) is 4.27. The van der Waals surface area contributed by atoms with Crippen molar-refractivity contribution in [1.82, 2.24) is 9.78 Å². The molecule has 0 unspecified atom stereocenters. The Labute approximate surface area is 121 Å². The molecule has 1 aromatic carbocycles. The van der Waals surface area contributed by atoms with E-state index in [9.17, 15) is 0 Å². The van der Waals surface area contributed by atoms with E-state index >= 15 is 0 Å². The van der Waals surface area contributed by atoms with Crippen molar-refractivity contribution in [3.63, 3.8) is 0 Å². The molecule has 5 heteroatoms. The molecule has 0 aliphatic carbocycles. The summed E-state index contributed by atoms with van der Waals surface area (Å²) in [7, 11) is 1.91. The summed E-state index contributed by atoms with van der Waals surface area (Å²) in [5.74, 6) is 1.66. The topological polar surface area (TPSA) is 53.1 Å². The summed E-state index contributed by atoms with van der Waals surface area (Å²) in [6.45, 7) is 4.54. The molecule has 0 spiro atoms. The first-order valence-electron chi connectivity index (χ1n) is 6.19. The summed E-state index contributed by atoms with van der Waals surface area (Å²) >= 11 is 3.47. The number of halogens is 1. The minimum atomic E-state index is 0.595. The van der Waals surface area contributed by atoms with Crippen LogP contribution in [0.3, 0.4) is 0 Å². The number of nitrogens with zero attached hydrogens (tertiary/aromatic N) is 2. The maximum absolute atomic E-state index is 6.04. The molecule has 0 atom stereocenters. The smallest absolute Gasteiger partial charge is 0.171 e. The van der Waals surface area contributed by atoms with E-state index in [-0.39, 0.29) is 0 Å². The van der Waals surface area contributed by atoms with Crippen LogP contribution in [-0.2, 0) is 13.5 Å². The van der Waals surface area contributed by atoms with Gasteiger partial charge in [0, 0.05) is 11.5 Å². The Balaban J connectivity index is 2.37. The minimum Gasteiger partial charge on any atom is -0.453 e. The fourth-order valence-corrected chi connectivity index (χ4v) is 2.42. The molecule has 0 amide bonds. The average Bonchev–Trinajstić information content (AvgIpc) is 2.59. The Morgan fingerprint density at radius 1 is 1.37 bits per heavy atom. The second-order valence-corrected chi connectivity index (χ2v) is 5.43. The molecule has 0 fully saturated rings. The zero-order chi connectivity index (χ0) is 14.0. The second-order valence-electron chi connectivity index (χ2n) is 4.52. The highest BCUT2D eigenvalue weighted by atomic mass is 79.9. The van der Waals surface area contributed by atoms with Crippen LogP contribution in [0.2, 0.25) is 0 Å². The van der Waals surface area contributed by atoms with Crippen molar-refractivity contribution >= 4 is 15.9 Å². The predicted molar refractivity (Wildman–Crippen MR) is 79.7 cm³/mol. The van der Waals surface area contributed by atoms with Gasteiger partial charge >= 0.3 is 0 Å². The number of aryl methyl sites for hydroxylation is 2. The van der Waals surface area contributed by atoms with Gasteiger partial charge in [-0.15, -0.1) is 0 Å². The van der Waals surface area contributed by atoms with Gasteiger partial charge in [0.2, 0.25) is 0 Å². The summed E-state index contributed by atoms with van der Waals surface area (Å²) in [6.07, 6.45) is 0.785. The number of aromatic nitrogens is 2. The van der Waals surface area contributed by atoms with Crippen LogP contribution in [0.1, 0.15) is 17.0 Å². The SMILES string of the molecule is Cc1nn(C)c(C)c1Oc1ccc(Br)cc1CCN. The van der Waals surface area contributed by atoms with E-state index in [4.69, 9.17) is 10.5 Å². The first-order valence-corrected chi connectivity index (χ1v) is 6.98. The van der Waals surface area contributed by atoms with Crippen LogP contribution in [0.4, 0.5) is 0 Å². The first-order chi connectivity index (χ1) is 9.02. The van der Waals surface area contributed by atoms with Gasteiger partial charge in [-0.05, 0) is 50.6 Å².